The molecule has 1 aliphatic carbocycles. The summed E-state index contributed by atoms with van der Waals surface area (Å²) in [4.78, 5) is 11.9. The Balaban J connectivity index is 2.06. The summed E-state index contributed by atoms with van der Waals surface area (Å²) in [5, 5.41) is 37.5. The average Bonchev–Trinajstić information content (AvgIpc) is 2.71. The maximum absolute atomic E-state index is 11.9. The van der Waals surface area contributed by atoms with Crippen molar-refractivity contribution in [3.05, 3.63) is 29.8 Å². The zero-order valence-electron chi connectivity index (χ0n) is 10.2. The number of carbonyl (C=O) groups is 1. The van der Waals surface area contributed by atoms with Crippen LogP contribution in [0.3, 0.4) is 0 Å². The number of allylic oxidation sites excluding steroid dienone is 1. The molecular formula is C14H16O5. The Morgan fingerprint density at radius 1 is 1.16 bits per heavy atom. The third-order valence-corrected chi connectivity index (χ3v) is 3.38. The molecule has 102 valence electrons. The van der Waals surface area contributed by atoms with Crippen LogP contribution in [0, 0.1) is 5.92 Å². The lowest BCUT2D eigenvalue weighted by Gasteiger charge is -2.12. The molecule has 1 aromatic rings. The van der Waals surface area contributed by atoms with Gasteiger partial charge < -0.3 is 20.4 Å². The second-order valence-corrected chi connectivity index (χ2v) is 4.73. The number of aliphatic hydroxyl groups excluding tert-OH is 2. The lowest BCUT2D eigenvalue weighted by atomic mass is 9.99. The van der Waals surface area contributed by atoms with Crippen molar-refractivity contribution in [2.24, 2.45) is 5.92 Å². The van der Waals surface area contributed by atoms with E-state index in [9.17, 15) is 20.1 Å². The Morgan fingerprint density at radius 3 is 2.47 bits per heavy atom. The molecule has 5 heteroatoms. The monoisotopic (exact) mass is 264 g/mol. The van der Waals surface area contributed by atoms with Gasteiger partial charge in [0, 0.05) is 0 Å². The van der Waals surface area contributed by atoms with Crippen molar-refractivity contribution in [2.75, 3.05) is 0 Å². The van der Waals surface area contributed by atoms with Crippen LogP contribution >= 0.6 is 0 Å². The smallest absolute Gasteiger partial charge is 0.161 e. The first kappa shape index (κ1) is 13.6. The van der Waals surface area contributed by atoms with Gasteiger partial charge in [0.1, 0.15) is 0 Å². The van der Waals surface area contributed by atoms with Crippen molar-refractivity contribution in [3.8, 4) is 11.5 Å². The summed E-state index contributed by atoms with van der Waals surface area (Å²) < 4.78 is 0. The maximum Gasteiger partial charge on any atom is 0.161 e. The SMILES string of the molecule is O=C(C=Cc1ccc(O)c(O)c1)C1CCC(O)C1O. The topological polar surface area (TPSA) is 98.0 Å². The average molecular weight is 264 g/mol. The Hall–Kier alpha value is -1.85. The molecule has 5 nitrogen and oxygen atoms in total. The summed E-state index contributed by atoms with van der Waals surface area (Å²) in [6.07, 6.45) is 1.86. The molecule has 3 unspecified atom stereocenters. The number of phenols is 2. The number of hydrogen-bond donors (Lipinski definition) is 4. The van der Waals surface area contributed by atoms with E-state index in [4.69, 9.17) is 5.11 Å². The van der Waals surface area contributed by atoms with Gasteiger partial charge in [-0.15, -0.1) is 0 Å². The molecule has 4 N–H and O–H groups in total. The maximum atomic E-state index is 11.9. The first-order valence-corrected chi connectivity index (χ1v) is 6.09. The molecule has 1 fully saturated rings. The Morgan fingerprint density at radius 2 is 1.89 bits per heavy atom. The van der Waals surface area contributed by atoms with Crippen LogP contribution in [0.15, 0.2) is 24.3 Å². The van der Waals surface area contributed by atoms with E-state index in [1.807, 2.05) is 0 Å². The van der Waals surface area contributed by atoms with Gasteiger partial charge in [-0.05, 0) is 36.6 Å². The van der Waals surface area contributed by atoms with Crippen molar-refractivity contribution in [2.45, 2.75) is 25.0 Å². The van der Waals surface area contributed by atoms with E-state index in [0.29, 0.717) is 18.4 Å². The molecule has 0 amide bonds. The van der Waals surface area contributed by atoms with Crippen LogP contribution in [0.25, 0.3) is 6.08 Å². The fraction of sp³-hybridized carbons (Fsp3) is 0.357. The molecule has 1 aromatic carbocycles. The van der Waals surface area contributed by atoms with E-state index in [0.717, 1.165) is 0 Å². The largest absolute Gasteiger partial charge is 0.504 e. The van der Waals surface area contributed by atoms with Gasteiger partial charge in [0.2, 0.25) is 0 Å². The summed E-state index contributed by atoms with van der Waals surface area (Å²) in [6.45, 7) is 0. The van der Waals surface area contributed by atoms with Crippen molar-refractivity contribution in [3.63, 3.8) is 0 Å². The number of benzene rings is 1. The number of phenolic OH excluding ortho intramolecular Hbond substituents is 2. The lowest BCUT2D eigenvalue weighted by molar-refractivity contribution is -0.121. The van der Waals surface area contributed by atoms with Crippen molar-refractivity contribution >= 4 is 11.9 Å². The summed E-state index contributed by atoms with van der Waals surface area (Å²) in [6, 6.07) is 4.21. The predicted octanol–water partition coefficient (Wildman–Crippen LogP) is 0.812. The normalized spacial score (nSPS) is 26.9. The second-order valence-electron chi connectivity index (χ2n) is 4.73. The molecule has 0 aromatic heterocycles. The minimum Gasteiger partial charge on any atom is -0.504 e. The minimum absolute atomic E-state index is 0.224. The quantitative estimate of drug-likeness (QED) is 0.478. The minimum atomic E-state index is -1.01. The molecule has 0 spiro atoms. The van der Waals surface area contributed by atoms with Gasteiger partial charge >= 0.3 is 0 Å². The fourth-order valence-electron chi connectivity index (χ4n) is 2.22. The zero-order valence-corrected chi connectivity index (χ0v) is 10.2. The second kappa shape index (κ2) is 5.42. The molecule has 19 heavy (non-hydrogen) atoms. The van der Waals surface area contributed by atoms with Gasteiger partial charge in [-0.3, -0.25) is 4.79 Å². The van der Waals surface area contributed by atoms with Gasteiger partial charge in [-0.25, -0.2) is 0 Å². The molecule has 0 heterocycles. The Bertz CT molecular complexity index is 509. The highest BCUT2D eigenvalue weighted by Crippen LogP contribution is 2.28. The molecule has 0 radical (unpaired) electrons. The molecule has 1 saturated carbocycles. The summed E-state index contributed by atoms with van der Waals surface area (Å²) >= 11 is 0. The standard InChI is InChI=1S/C14H16O5/c15-10(9-3-6-12(17)14(9)19)4-1-8-2-5-11(16)13(18)7-8/h1-2,4-5,7,9,12,14,16-19H,3,6H2. The number of carbonyl (C=O) groups excluding carboxylic acids is 1. The first-order chi connectivity index (χ1) is 8.99. The van der Waals surface area contributed by atoms with Crippen molar-refractivity contribution in [1.29, 1.82) is 0 Å². The molecule has 3 atom stereocenters. The highest BCUT2D eigenvalue weighted by molar-refractivity contribution is 5.96. The van der Waals surface area contributed by atoms with E-state index in [1.165, 1.54) is 24.3 Å². The summed E-state index contributed by atoms with van der Waals surface area (Å²) in [5.74, 6) is -1.31. The Labute approximate surface area is 110 Å². The number of ketones is 1. The fourth-order valence-corrected chi connectivity index (χ4v) is 2.22. The summed E-state index contributed by atoms with van der Waals surface area (Å²) in [7, 11) is 0. The van der Waals surface area contributed by atoms with Crippen LogP contribution in [0.1, 0.15) is 18.4 Å². The van der Waals surface area contributed by atoms with Gasteiger partial charge in [-0.2, -0.15) is 0 Å². The van der Waals surface area contributed by atoms with Crippen molar-refractivity contribution < 1.29 is 25.2 Å². The van der Waals surface area contributed by atoms with Gasteiger partial charge in [0.05, 0.1) is 18.1 Å². The lowest BCUT2D eigenvalue weighted by Crippen LogP contribution is -2.29. The van der Waals surface area contributed by atoms with Crippen molar-refractivity contribution in [1.82, 2.24) is 0 Å². The van der Waals surface area contributed by atoms with E-state index >= 15 is 0 Å². The first-order valence-electron chi connectivity index (χ1n) is 6.09. The van der Waals surface area contributed by atoms with Crippen LogP contribution in [0.4, 0.5) is 0 Å². The molecule has 0 saturated heterocycles. The van der Waals surface area contributed by atoms with E-state index in [2.05, 4.69) is 0 Å². The van der Waals surface area contributed by atoms with Crippen LogP contribution < -0.4 is 0 Å². The van der Waals surface area contributed by atoms with Crippen LogP contribution in [0.5, 0.6) is 11.5 Å². The Kier molecular flexibility index (Phi) is 3.87. The molecule has 1 aliphatic rings. The molecular weight excluding hydrogens is 248 g/mol. The number of hydrogen-bond acceptors (Lipinski definition) is 5. The van der Waals surface area contributed by atoms with Crippen LogP contribution in [-0.4, -0.2) is 38.4 Å². The van der Waals surface area contributed by atoms with E-state index in [-0.39, 0.29) is 17.3 Å². The van der Waals surface area contributed by atoms with Gasteiger partial charge in [0.15, 0.2) is 17.3 Å². The predicted molar refractivity (Wildman–Crippen MR) is 68.6 cm³/mol. The highest BCUT2D eigenvalue weighted by atomic mass is 16.3. The number of aromatic hydroxyl groups is 2. The number of aliphatic hydroxyl groups is 2. The molecule has 0 aliphatic heterocycles. The molecule has 2 rings (SSSR count). The summed E-state index contributed by atoms with van der Waals surface area (Å²) in [5.41, 5.74) is 0.566. The third-order valence-electron chi connectivity index (χ3n) is 3.38. The van der Waals surface area contributed by atoms with Crippen LogP contribution in [0.2, 0.25) is 0 Å². The molecule has 0 bridgehead atoms. The highest BCUT2D eigenvalue weighted by Gasteiger charge is 2.36. The van der Waals surface area contributed by atoms with Gasteiger partial charge in [0.25, 0.3) is 0 Å². The third kappa shape index (κ3) is 2.94. The van der Waals surface area contributed by atoms with E-state index < -0.39 is 18.1 Å². The van der Waals surface area contributed by atoms with Gasteiger partial charge in [-0.1, -0.05) is 12.1 Å². The number of rotatable bonds is 3. The van der Waals surface area contributed by atoms with E-state index in [1.54, 1.807) is 6.07 Å². The zero-order chi connectivity index (χ0) is 14.0. The van der Waals surface area contributed by atoms with Crippen LogP contribution in [-0.2, 0) is 4.79 Å².